The van der Waals surface area contributed by atoms with Gasteiger partial charge in [-0.05, 0) is 44.7 Å². The van der Waals surface area contributed by atoms with E-state index in [1.54, 1.807) is 20.8 Å². The van der Waals surface area contributed by atoms with Crippen LogP contribution in [0.4, 0.5) is 0 Å². The first kappa shape index (κ1) is 18.2. The fourth-order valence-corrected chi connectivity index (χ4v) is 5.42. The number of carbonyl (C=O) groups excluding carboxylic acids is 1. The Hall–Kier alpha value is -1.16. The van der Waals surface area contributed by atoms with E-state index in [9.17, 15) is 9.36 Å². The molecule has 6 heteroatoms. The summed E-state index contributed by atoms with van der Waals surface area (Å²) in [5.74, 6) is -0.700. The van der Waals surface area contributed by atoms with Crippen LogP contribution in [0.3, 0.4) is 0 Å². The molecule has 0 N–H and O–H groups in total. The average Bonchev–Trinajstić information content (AvgIpc) is 2.92. The quantitative estimate of drug-likeness (QED) is 0.530. The lowest BCUT2D eigenvalue weighted by Gasteiger charge is -2.29. The molecule has 0 aliphatic heterocycles. The van der Waals surface area contributed by atoms with Crippen LogP contribution in [0.1, 0.15) is 44.2 Å². The molecule has 128 valence electrons. The summed E-state index contributed by atoms with van der Waals surface area (Å²) in [7, 11) is -3.59. The Morgan fingerprint density at radius 3 is 2.43 bits per heavy atom. The highest BCUT2D eigenvalue weighted by molar-refractivity contribution is 7.55. The molecule has 1 aromatic rings. The van der Waals surface area contributed by atoms with Crippen LogP contribution in [0.2, 0.25) is 0 Å². The normalized spacial score (nSPS) is 18.5. The number of esters is 1. The summed E-state index contributed by atoms with van der Waals surface area (Å²) in [5, 5.41) is 0. The van der Waals surface area contributed by atoms with Crippen LogP contribution in [-0.2, 0) is 29.6 Å². The van der Waals surface area contributed by atoms with Gasteiger partial charge in [0.05, 0.1) is 19.8 Å². The van der Waals surface area contributed by atoms with Crippen molar-refractivity contribution in [3.63, 3.8) is 0 Å². The topological polar surface area (TPSA) is 61.8 Å². The highest BCUT2D eigenvalue weighted by atomic mass is 31.2. The van der Waals surface area contributed by atoms with Crippen LogP contribution < -0.4 is 0 Å². The molecule has 1 aromatic carbocycles. The van der Waals surface area contributed by atoms with E-state index in [1.807, 2.05) is 24.3 Å². The molecule has 2 atom stereocenters. The van der Waals surface area contributed by atoms with Gasteiger partial charge in [-0.3, -0.25) is 9.36 Å². The van der Waals surface area contributed by atoms with Gasteiger partial charge in [0.15, 0.2) is 5.66 Å². The van der Waals surface area contributed by atoms with Crippen LogP contribution in [0.25, 0.3) is 0 Å². The van der Waals surface area contributed by atoms with E-state index in [0.717, 1.165) is 18.4 Å². The highest BCUT2D eigenvalue weighted by Crippen LogP contribution is 2.59. The van der Waals surface area contributed by atoms with E-state index in [-0.39, 0.29) is 25.7 Å². The number of carbonyl (C=O) groups is 1. The van der Waals surface area contributed by atoms with E-state index in [2.05, 4.69) is 0 Å². The summed E-state index contributed by atoms with van der Waals surface area (Å²) in [4.78, 5) is 12.6. The van der Waals surface area contributed by atoms with Crippen molar-refractivity contribution in [2.45, 2.75) is 45.2 Å². The van der Waals surface area contributed by atoms with E-state index in [0.29, 0.717) is 0 Å². The van der Waals surface area contributed by atoms with Gasteiger partial charge in [-0.25, -0.2) is 0 Å². The van der Waals surface area contributed by atoms with Gasteiger partial charge in [-0.2, -0.15) is 0 Å². The zero-order valence-electron chi connectivity index (χ0n) is 14.0. The summed E-state index contributed by atoms with van der Waals surface area (Å²) in [6, 6.07) is 7.95. The SMILES string of the molecule is CCOC(=O)[C@@H]([C@@H]1CCc2ccccc21)P(=O)(OCC)OCC. The van der Waals surface area contributed by atoms with Crippen LogP contribution in [-0.4, -0.2) is 31.4 Å². The number of aryl methyl sites for hydroxylation is 1. The summed E-state index contributed by atoms with van der Waals surface area (Å²) in [5.41, 5.74) is 1.32. The van der Waals surface area contributed by atoms with Crippen molar-refractivity contribution in [1.29, 1.82) is 0 Å². The summed E-state index contributed by atoms with van der Waals surface area (Å²) < 4.78 is 29.4. The number of fused-ring (bicyclic) bond motifs is 1. The second-order valence-electron chi connectivity index (χ2n) is 5.42. The highest BCUT2D eigenvalue weighted by Gasteiger charge is 2.49. The van der Waals surface area contributed by atoms with Gasteiger partial charge >= 0.3 is 13.6 Å². The zero-order valence-corrected chi connectivity index (χ0v) is 14.9. The summed E-state index contributed by atoms with van der Waals surface area (Å²) >= 11 is 0. The zero-order chi connectivity index (χ0) is 16.9. The lowest BCUT2D eigenvalue weighted by atomic mass is 9.97. The summed E-state index contributed by atoms with van der Waals surface area (Å²) in [6.07, 6.45) is 1.60. The summed E-state index contributed by atoms with van der Waals surface area (Å²) in [6.45, 7) is 5.92. The fraction of sp³-hybridized carbons (Fsp3) is 0.588. The van der Waals surface area contributed by atoms with E-state index >= 15 is 0 Å². The molecule has 0 radical (unpaired) electrons. The lowest BCUT2D eigenvalue weighted by molar-refractivity contribution is -0.143. The van der Waals surface area contributed by atoms with Crippen molar-refractivity contribution < 1.29 is 23.1 Å². The van der Waals surface area contributed by atoms with Crippen LogP contribution >= 0.6 is 7.60 Å². The van der Waals surface area contributed by atoms with Gasteiger partial charge in [0.25, 0.3) is 0 Å². The van der Waals surface area contributed by atoms with Crippen LogP contribution in [0.15, 0.2) is 24.3 Å². The maximum Gasteiger partial charge on any atom is 0.345 e. The third-order valence-corrected chi connectivity index (χ3v) is 6.54. The Balaban J connectivity index is 2.42. The van der Waals surface area contributed by atoms with Gasteiger partial charge in [0.2, 0.25) is 0 Å². The van der Waals surface area contributed by atoms with Crippen molar-refractivity contribution >= 4 is 13.6 Å². The lowest BCUT2D eigenvalue weighted by Crippen LogP contribution is -2.31. The van der Waals surface area contributed by atoms with Crippen LogP contribution in [0, 0.1) is 0 Å². The molecule has 0 heterocycles. The second-order valence-corrected chi connectivity index (χ2v) is 7.57. The molecule has 0 saturated heterocycles. The molecule has 0 bridgehead atoms. The Morgan fingerprint density at radius 1 is 1.17 bits per heavy atom. The minimum Gasteiger partial charge on any atom is -0.465 e. The number of benzene rings is 1. The molecule has 5 nitrogen and oxygen atoms in total. The Kier molecular flexibility index (Phi) is 6.40. The molecule has 0 amide bonds. The van der Waals surface area contributed by atoms with E-state index < -0.39 is 19.2 Å². The molecule has 0 spiro atoms. The van der Waals surface area contributed by atoms with Crippen molar-refractivity contribution in [3.05, 3.63) is 35.4 Å². The molecule has 0 aromatic heterocycles. The molecular weight excluding hydrogens is 315 g/mol. The van der Waals surface area contributed by atoms with Crippen molar-refractivity contribution in [2.24, 2.45) is 0 Å². The number of hydrogen-bond donors (Lipinski definition) is 0. The first-order chi connectivity index (χ1) is 11.1. The van der Waals surface area contributed by atoms with Gasteiger partial charge < -0.3 is 13.8 Å². The molecule has 23 heavy (non-hydrogen) atoms. The molecular formula is C17H25O5P. The van der Waals surface area contributed by atoms with Crippen LogP contribution in [0.5, 0.6) is 0 Å². The predicted octanol–water partition coefficient (Wildman–Crippen LogP) is 3.91. The van der Waals surface area contributed by atoms with Crippen molar-refractivity contribution in [2.75, 3.05) is 19.8 Å². The molecule has 2 rings (SSSR count). The fourth-order valence-electron chi connectivity index (χ4n) is 3.22. The molecule has 1 aliphatic rings. The number of rotatable bonds is 8. The smallest absolute Gasteiger partial charge is 0.345 e. The van der Waals surface area contributed by atoms with Gasteiger partial charge in [0, 0.05) is 5.92 Å². The Morgan fingerprint density at radius 2 is 1.83 bits per heavy atom. The largest absolute Gasteiger partial charge is 0.465 e. The number of hydrogen-bond acceptors (Lipinski definition) is 5. The minimum absolute atomic E-state index is 0.200. The van der Waals surface area contributed by atoms with E-state index in [1.165, 1.54) is 5.56 Å². The number of ether oxygens (including phenoxy) is 1. The molecule has 0 saturated carbocycles. The van der Waals surface area contributed by atoms with Crippen molar-refractivity contribution in [3.8, 4) is 0 Å². The molecule has 1 aliphatic carbocycles. The Bertz CT molecular complexity index is 576. The Labute approximate surface area is 137 Å². The van der Waals surface area contributed by atoms with Gasteiger partial charge in [0.1, 0.15) is 0 Å². The minimum atomic E-state index is -3.59. The molecule has 0 fully saturated rings. The van der Waals surface area contributed by atoms with Gasteiger partial charge in [-0.15, -0.1) is 0 Å². The molecule has 0 unspecified atom stereocenters. The second kappa shape index (κ2) is 8.09. The first-order valence-corrected chi connectivity index (χ1v) is 9.81. The maximum absolute atomic E-state index is 13.3. The monoisotopic (exact) mass is 340 g/mol. The third-order valence-electron chi connectivity index (χ3n) is 4.05. The standard InChI is InChI=1S/C17H25O5P/c1-4-20-17(18)16(23(19,21-5-2)22-6-3)15-12-11-13-9-7-8-10-14(13)15/h7-10,15-16H,4-6,11-12H2,1-3H3/t15-,16-/m1/s1. The third kappa shape index (κ3) is 3.85. The van der Waals surface area contributed by atoms with E-state index in [4.69, 9.17) is 13.8 Å². The maximum atomic E-state index is 13.3. The van der Waals surface area contributed by atoms with Crippen molar-refractivity contribution in [1.82, 2.24) is 0 Å². The predicted molar refractivity (Wildman–Crippen MR) is 88.8 cm³/mol. The van der Waals surface area contributed by atoms with Gasteiger partial charge in [-0.1, -0.05) is 24.3 Å². The average molecular weight is 340 g/mol. The first-order valence-electron chi connectivity index (χ1n) is 8.20.